The summed E-state index contributed by atoms with van der Waals surface area (Å²) in [5.74, 6) is 5.75. The van der Waals surface area contributed by atoms with Crippen molar-refractivity contribution in [3.05, 3.63) is 23.7 Å². The molecule has 0 aromatic carbocycles. The lowest BCUT2D eigenvalue weighted by Crippen LogP contribution is -2.37. The number of nitrogen functional groups attached to an aromatic ring is 1. The third-order valence-electron chi connectivity index (χ3n) is 3.56. The number of rotatable bonds is 3. The minimum atomic E-state index is -0.394. The van der Waals surface area contributed by atoms with Gasteiger partial charge in [0.1, 0.15) is 5.76 Å². The molecular formula is C13H22N4O2. The maximum atomic E-state index is 11.3. The molecule has 0 aliphatic carbocycles. The first-order valence-electron chi connectivity index (χ1n) is 6.62. The highest BCUT2D eigenvalue weighted by Crippen LogP contribution is 2.15. The van der Waals surface area contributed by atoms with Crippen LogP contribution in [-0.2, 0) is 6.54 Å². The molecule has 1 amide bonds. The molecule has 1 fully saturated rings. The predicted molar refractivity (Wildman–Crippen MR) is 72.3 cm³/mol. The standard InChI is InChI=1S/C13H22N4O2/c1-10-8-16(2)6-3-7-17(10)9-11-4-5-12(19-11)13(18)15-14/h4-5,10H,3,6-9,14H2,1-2H3,(H,15,18). The second-order valence-electron chi connectivity index (χ2n) is 5.17. The van der Waals surface area contributed by atoms with Crippen LogP contribution in [0.4, 0.5) is 0 Å². The van der Waals surface area contributed by atoms with Crippen LogP contribution in [0.15, 0.2) is 16.5 Å². The molecule has 1 aromatic rings. The van der Waals surface area contributed by atoms with Crippen molar-refractivity contribution < 1.29 is 9.21 Å². The number of nitrogens with two attached hydrogens (primary N) is 1. The molecule has 1 unspecified atom stereocenters. The molecule has 2 rings (SSSR count). The Bertz CT molecular complexity index is 432. The van der Waals surface area contributed by atoms with E-state index in [0.29, 0.717) is 6.04 Å². The Morgan fingerprint density at radius 3 is 3.05 bits per heavy atom. The van der Waals surface area contributed by atoms with E-state index in [-0.39, 0.29) is 5.76 Å². The van der Waals surface area contributed by atoms with Crippen molar-refractivity contribution in [2.24, 2.45) is 5.84 Å². The van der Waals surface area contributed by atoms with Crippen molar-refractivity contribution in [3.63, 3.8) is 0 Å². The molecule has 106 valence electrons. The lowest BCUT2D eigenvalue weighted by Gasteiger charge is -2.26. The first-order valence-corrected chi connectivity index (χ1v) is 6.62. The molecule has 1 aromatic heterocycles. The van der Waals surface area contributed by atoms with E-state index in [2.05, 4.69) is 29.2 Å². The van der Waals surface area contributed by atoms with E-state index in [9.17, 15) is 4.79 Å². The second-order valence-corrected chi connectivity index (χ2v) is 5.17. The molecule has 3 N–H and O–H groups in total. The first kappa shape index (κ1) is 14.0. The van der Waals surface area contributed by atoms with Crippen LogP contribution in [0.3, 0.4) is 0 Å². The average molecular weight is 266 g/mol. The van der Waals surface area contributed by atoms with E-state index in [4.69, 9.17) is 10.3 Å². The van der Waals surface area contributed by atoms with Crippen molar-refractivity contribution in [2.75, 3.05) is 26.7 Å². The van der Waals surface area contributed by atoms with E-state index < -0.39 is 5.91 Å². The highest BCUT2D eigenvalue weighted by atomic mass is 16.4. The molecule has 2 heterocycles. The number of hydrogen-bond donors (Lipinski definition) is 2. The molecule has 1 aliphatic heterocycles. The molecule has 6 nitrogen and oxygen atoms in total. The van der Waals surface area contributed by atoms with Crippen LogP contribution in [0, 0.1) is 0 Å². The summed E-state index contributed by atoms with van der Waals surface area (Å²) in [5, 5.41) is 0. The Balaban J connectivity index is 1.99. The van der Waals surface area contributed by atoms with Gasteiger partial charge in [-0.1, -0.05) is 0 Å². The van der Waals surface area contributed by atoms with Crippen LogP contribution in [0.2, 0.25) is 0 Å². The number of nitrogens with one attached hydrogen (secondary N) is 1. The molecular weight excluding hydrogens is 244 g/mol. The van der Waals surface area contributed by atoms with Gasteiger partial charge in [0, 0.05) is 19.1 Å². The fourth-order valence-electron chi connectivity index (χ4n) is 2.51. The Morgan fingerprint density at radius 2 is 2.32 bits per heavy atom. The molecule has 19 heavy (non-hydrogen) atoms. The number of likely N-dealkylation sites (N-methyl/N-ethyl adjacent to an activating group) is 1. The van der Waals surface area contributed by atoms with Crippen molar-refractivity contribution in [2.45, 2.75) is 25.9 Å². The smallest absolute Gasteiger partial charge is 0.300 e. The number of carbonyl (C=O) groups is 1. The predicted octanol–water partition coefficient (Wildman–Crippen LogP) is 0.409. The summed E-state index contributed by atoms with van der Waals surface area (Å²) in [6.45, 7) is 6.17. The Morgan fingerprint density at radius 1 is 1.53 bits per heavy atom. The van der Waals surface area contributed by atoms with Gasteiger partial charge in [-0.25, -0.2) is 5.84 Å². The summed E-state index contributed by atoms with van der Waals surface area (Å²) in [6.07, 6.45) is 1.15. The zero-order chi connectivity index (χ0) is 13.8. The Kier molecular flexibility index (Phi) is 4.57. The summed E-state index contributed by atoms with van der Waals surface area (Å²) >= 11 is 0. The van der Waals surface area contributed by atoms with Gasteiger partial charge in [0.25, 0.3) is 0 Å². The minimum absolute atomic E-state index is 0.261. The summed E-state index contributed by atoms with van der Waals surface area (Å²) in [4.78, 5) is 16.1. The van der Waals surface area contributed by atoms with Gasteiger partial charge >= 0.3 is 5.91 Å². The van der Waals surface area contributed by atoms with E-state index >= 15 is 0 Å². The van der Waals surface area contributed by atoms with Crippen LogP contribution in [0.25, 0.3) is 0 Å². The molecule has 6 heteroatoms. The number of amides is 1. The quantitative estimate of drug-likeness (QED) is 0.471. The number of hydrogen-bond acceptors (Lipinski definition) is 5. The van der Waals surface area contributed by atoms with E-state index in [0.717, 1.165) is 38.4 Å². The Hall–Kier alpha value is -1.37. The van der Waals surface area contributed by atoms with Crippen molar-refractivity contribution >= 4 is 5.91 Å². The molecule has 0 spiro atoms. The third-order valence-corrected chi connectivity index (χ3v) is 3.56. The SMILES string of the molecule is CC1CN(C)CCCN1Cc1ccc(C(=O)NN)o1. The van der Waals surface area contributed by atoms with Crippen LogP contribution in [0.1, 0.15) is 29.7 Å². The van der Waals surface area contributed by atoms with Crippen molar-refractivity contribution in [3.8, 4) is 0 Å². The van der Waals surface area contributed by atoms with Gasteiger partial charge in [0.05, 0.1) is 6.54 Å². The summed E-state index contributed by atoms with van der Waals surface area (Å²) in [7, 11) is 2.15. The van der Waals surface area contributed by atoms with Gasteiger partial charge in [0.15, 0.2) is 5.76 Å². The van der Waals surface area contributed by atoms with Crippen molar-refractivity contribution in [1.82, 2.24) is 15.2 Å². The first-order chi connectivity index (χ1) is 9.10. The fraction of sp³-hybridized carbons (Fsp3) is 0.615. The fourth-order valence-corrected chi connectivity index (χ4v) is 2.51. The van der Waals surface area contributed by atoms with Crippen LogP contribution < -0.4 is 11.3 Å². The largest absolute Gasteiger partial charge is 0.455 e. The summed E-state index contributed by atoms with van der Waals surface area (Å²) in [6, 6.07) is 3.97. The second kappa shape index (κ2) is 6.18. The maximum absolute atomic E-state index is 11.3. The van der Waals surface area contributed by atoms with Gasteiger partial charge in [-0.2, -0.15) is 0 Å². The lowest BCUT2D eigenvalue weighted by atomic mass is 10.2. The zero-order valence-corrected chi connectivity index (χ0v) is 11.6. The van der Waals surface area contributed by atoms with Crippen LogP contribution in [0.5, 0.6) is 0 Å². The highest BCUT2D eigenvalue weighted by molar-refractivity contribution is 5.90. The molecule has 0 saturated carbocycles. The summed E-state index contributed by atoms with van der Waals surface area (Å²) in [5.41, 5.74) is 2.07. The summed E-state index contributed by atoms with van der Waals surface area (Å²) < 4.78 is 5.51. The lowest BCUT2D eigenvalue weighted by molar-refractivity contribution is 0.0920. The van der Waals surface area contributed by atoms with E-state index in [1.807, 2.05) is 6.07 Å². The maximum Gasteiger partial charge on any atom is 0.300 e. The minimum Gasteiger partial charge on any atom is -0.455 e. The van der Waals surface area contributed by atoms with Gasteiger partial charge < -0.3 is 9.32 Å². The number of nitrogens with zero attached hydrogens (tertiary/aromatic N) is 2. The number of furan rings is 1. The van der Waals surface area contributed by atoms with Crippen LogP contribution in [-0.4, -0.2) is 48.4 Å². The highest BCUT2D eigenvalue weighted by Gasteiger charge is 2.21. The van der Waals surface area contributed by atoms with Gasteiger partial charge in [-0.05, 0) is 39.1 Å². The van der Waals surface area contributed by atoms with E-state index in [1.165, 1.54) is 0 Å². The monoisotopic (exact) mass is 266 g/mol. The normalized spacial score (nSPS) is 22.2. The zero-order valence-electron chi connectivity index (χ0n) is 11.6. The number of hydrazine groups is 1. The topological polar surface area (TPSA) is 74.7 Å². The van der Waals surface area contributed by atoms with Gasteiger partial charge in [-0.3, -0.25) is 15.1 Å². The van der Waals surface area contributed by atoms with Crippen LogP contribution >= 0.6 is 0 Å². The molecule has 1 atom stereocenters. The van der Waals surface area contributed by atoms with Gasteiger partial charge in [0.2, 0.25) is 0 Å². The van der Waals surface area contributed by atoms with Crippen molar-refractivity contribution in [1.29, 1.82) is 0 Å². The average Bonchev–Trinajstić information content (AvgIpc) is 2.78. The Labute approximate surface area is 113 Å². The molecule has 1 saturated heterocycles. The molecule has 0 bridgehead atoms. The van der Waals surface area contributed by atoms with E-state index in [1.54, 1.807) is 6.07 Å². The molecule has 1 aliphatic rings. The number of carbonyl (C=O) groups excluding carboxylic acids is 1. The third kappa shape index (κ3) is 3.56. The van der Waals surface area contributed by atoms with Gasteiger partial charge in [-0.15, -0.1) is 0 Å². The molecule has 0 radical (unpaired) electrons.